The number of ether oxygens (including phenoxy) is 1. The van der Waals surface area contributed by atoms with E-state index in [9.17, 15) is 13.2 Å². The van der Waals surface area contributed by atoms with E-state index in [2.05, 4.69) is 10.2 Å². The van der Waals surface area contributed by atoms with Crippen LogP contribution in [-0.2, 0) is 26.1 Å². The van der Waals surface area contributed by atoms with Crippen LogP contribution in [0.2, 0.25) is 0 Å². The first-order chi connectivity index (χ1) is 15.4. The molecule has 3 heterocycles. The third-order valence-corrected chi connectivity index (χ3v) is 8.58. The number of nitrogens with zero attached hydrogens (tertiary/aromatic N) is 2. The largest absolute Gasteiger partial charge is 0.468 e. The summed E-state index contributed by atoms with van der Waals surface area (Å²) in [6, 6.07) is 8.52. The number of nitrogens with one attached hydrogen (secondary N) is 1. The highest BCUT2D eigenvalue weighted by Gasteiger charge is 2.28. The molecule has 0 spiro atoms. The second kappa shape index (κ2) is 10.4. The monoisotopic (exact) mass is 479 g/mol. The molecule has 1 saturated heterocycles. The average Bonchev–Trinajstić information content (AvgIpc) is 3.22. The fraction of sp³-hybridized carbons (Fsp3) is 0.500. The van der Waals surface area contributed by atoms with Crippen LogP contribution in [0.1, 0.15) is 25.5 Å². The lowest BCUT2D eigenvalue weighted by Gasteiger charge is -2.28. The molecule has 1 atom stereocenters. The van der Waals surface area contributed by atoms with Crippen molar-refractivity contribution in [2.45, 2.75) is 41.4 Å². The van der Waals surface area contributed by atoms with Crippen LogP contribution in [0.15, 0.2) is 50.8 Å². The highest BCUT2D eigenvalue weighted by molar-refractivity contribution is 8.00. The minimum atomic E-state index is -3.79. The molecule has 174 valence electrons. The Morgan fingerprint density at radius 2 is 2.06 bits per heavy atom. The van der Waals surface area contributed by atoms with Crippen LogP contribution in [-0.4, -0.2) is 68.2 Å². The number of furan rings is 1. The molecule has 2 aromatic rings. The Bertz CT molecular complexity index is 1020. The summed E-state index contributed by atoms with van der Waals surface area (Å²) in [6.07, 6.45) is 2.65. The van der Waals surface area contributed by atoms with Crippen molar-refractivity contribution in [2.75, 3.05) is 44.7 Å². The van der Waals surface area contributed by atoms with Crippen molar-refractivity contribution in [3.63, 3.8) is 0 Å². The molecular formula is C22H29N3O5S2. The molecule has 0 saturated carbocycles. The van der Waals surface area contributed by atoms with E-state index < -0.39 is 10.0 Å². The van der Waals surface area contributed by atoms with Crippen LogP contribution in [0.25, 0.3) is 0 Å². The minimum Gasteiger partial charge on any atom is -0.468 e. The van der Waals surface area contributed by atoms with Crippen LogP contribution in [0.4, 0.5) is 5.69 Å². The van der Waals surface area contributed by atoms with Gasteiger partial charge in [-0.25, -0.2) is 8.42 Å². The highest BCUT2D eigenvalue weighted by atomic mass is 32.2. The van der Waals surface area contributed by atoms with Crippen LogP contribution < -0.4 is 5.32 Å². The summed E-state index contributed by atoms with van der Waals surface area (Å²) in [4.78, 5) is 15.5. The van der Waals surface area contributed by atoms with Gasteiger partial charge in [0, 0.05) is 36.2 Å². The van der Waals surface area contributed by atoms with Crippen LogP contribution >= 0.6 is 11.8 Å². The van der Waals surface area contributed by atoms with Gasteiger partial charge in [-0.05, 0) is 43.3 Å². The van der Waals surface area contributed by atoms with Gasteiger partial charge in [-0.15, -0.1) is 11.8 Å². The van der Waals surface area contributed by atoms with Gasteiger partial charge < -0.3 is 14.5 Å². The number of thioether (sulfide) groups is 1. The van der Waals surface area contributed by atoms with Gasteiger partial charge in [0.2, 0.25) is 15.9 Å². The smallest absolute Gasteiger partial charge is 0.243 e. The molecule has 1 aromatic heterocycles. The van der Waals surface area contributed by atoms with Crippen molar-refractivity contribution >= 4 is 33.4 Å². The molecule has 1 aromatic carbocycles. The molecule has 4 rings (SSSR count). The fourth-order valence-corrected chi connectivity index (χ4v) is 6.42. The standard InChI is InChI=1S/C22H29N3O5S2/c1-17-14-22(26)23-20-15-19(5-6-21(20)31-17)32(27,28)25(16-18-4-2-11-30-18)8-3-7-24-9-12-29-13-10-24/h2,4-6,11,15,17H,3,7-10,12-14,16H2,1H3,(H,23,26). The predicted octanol–water partition coefficient (Wildman–Crippen LogP) is 3.02. The number of rotatable bonds is 8. The lowest BCUT2D eigenvalue weighted by Crippen LogP contribution is -2.39. The topological polar surface area (TPSA) is 92.1 Å². The second-order valence-electron chi connectivity index (χ2n) is 8.06. The Kier molecular flexibility index (Phi) is 7.57. The van der Waals surface area contributed by atoms with E-state index in [0.717, 1.165) is 24.5 Å². The number of hydrogen-bond acceptors (Lipinski definition) is 7. The highest BCUT2D eigenvalue weighted by Crippen LogP contribution is 2.36. The van der Waals surface area contributed by atoms with Crippen molar-refractivity contribution in [3.8, 4) is 0 Å². The van der Waals surface area contributed by atoms with Crippen molar-refractivity contribution in [3.05, 3.63) is 42.4 Å². The summed E-state index contributed by atoms with van der Waals surface area (Å²) in [5.41, 5.74) is 0.552. The quantitative estimate of drug-likeness (QED) is 0.622. The first kappa shape index (κ1) is 23.3. The van der Waals surface area contributed by atoms with Crippen molar-refractivity contribution in [1.29, 1.82) is 0 Å². The van der Waals surface area contributed by atoms with Gasteiger partial charge in [0.1, 0.15) is 5.76 Å². The molecule has 8 nitrogen and oxygen atoms in total. The second-order valence-corrected chi connectivity index (χ2v) is 11.5. The zero-order chi connectivity index (χ0) is 22.6. The molecule has 2 aliphatic rings. The third-order valence-electron chi connectivity index (χ3n) is 5.56. The molecular weight excluding hydrogens is 450 g/mol. The summed E-state index contributed by atoms with van der Waals surface area (Å²) >= 11 is 1.58. The first-order valence-corrected chi connectivity index (χ1v) is 13.2. The lowest BCUT2D eigenvalue weighted by atomic mass is 10.3. The zero-order valence-electron chi connectivity index (χ0n) is 18.2. The van der Waals surface area contributed by atoms with Crippen molar-refractivity contribution in [1.82, 2.24) is 9.21 Å². The number of sulfonamides is 1. The van der Waals surface area contributed by atoms with E-state index in [1.165, 1.54) is 4.31 Å². The number of carbonyl (C=O) groups excluding carboxylic acids is 1. The van der Waals surface area contributed by atoms with Crippen molar-refractivity contribution in [2.24, 2.45) is 0 Å². The van der Waals surface area contributed by atoms with Gasteiger partial charge in [-0.3, -0.25) is 9.69 Å². The van der Waals surface area contributed by atoms with E-state index in [1.54, 1.807) is 48.4 Å². The Hall–Kier alpha value is -1.85. The minimum absolute atomic E-state index is 0.101. The normalized spacial score (nSPS) is 20.1. The predicted molar refractivity (Wildman–Crippen MR) is 123 cm³/mol. The van der Waals surface area contributed by atoms with E-state index in [4.69, 9.17) is 9.15 Å². The lowest BCUT2D eigenvalue weighted by molar-refractivity contribution is -0.116. The number of anilines is 1. The fourth-order valence-electron chi connectivity index (χ4n) is 3.90. The van der Waals surface area contributed by atoms with Gasteiger partial charge in [0.15, 0.2) is 0 Å². The van der Waals surface area contributed by atoms with Crippen LogP contribution in [0, 0.1) is 0 Å². The number of morpholine rings is 1. The zero-order valence-corrected chi connectivity index (χ0v) is 19.8. The molecule has 32 heavy (non-hydrogen) atoms. The van der Waals surface area contributed by atoms with Gasteiger partial charge in [0.25, 0.3) is 0 Å². The molecule has 1 amide bonds. The Morgan fingerprint density at radius 3 is 2.81 bits per heavy atom. The maximum atomic E-state index is 13.6. The summed E-state index contributed by atoms with van der Waals surface area (Å²) in [5.74, 6) is 0.489. The molecule has 0 aliphatic carbocycles. The molecule has 1 fully saturated rings. The maximum Gasteiger partial charge on any atom is 0.243 e. The summed E-state index contributed by atoms with van der Waals surface area (Å²) < 4.78 is 39.5. The van der Waals surface area contributed by atoms with Crippen LogP contribution in [0.3, 0.4) is 0 Å². The van der Waals surface area contributed by atoms with E-state index in [1.807, 2.05) is 6.92 Å². The number of benzene rings is 1. The Morgan fingerprint density at radius 1 is 1.25 bits per heavy atom. The summed E-state index contributed by atoms with van der Waals surface area (Å²) in [5, 5.41) is 2.99. The molecule has 10 heteroatoms. The van der Waals surface area contributed by atoms with E-state index in [0.29, 0.717) is 44.0 Å². The van der Waals surface area contributed by atoms with E-state index in [-0.39, 0.29) is 22.6 Å². The molecule has 0 radical (unpaired) electrons. The number of amides is 1. The summed E-state index contributed by atoms with van der Waals surface area (Å²) in [7, 11) is -3.79. The van der Waals surface area contributed by atoms with E-state index >= 15 is 0 Å². The number of hydrogen-bond donors (Lipinski definition) is 1. The van der Waals surface area contributed by atoms with Gasteiger partial charge >= 0.3 is 0 Å². The molecule has 0 bridgehead atoms. The third kappa shape index (κ3) is 5.74. The Labute approximate surface area is 193 Å². The molecule has 1 N–H and O–H groups in total. The average molecular weight is 480 g/mol. The molecule has 2 aliphatic heterocycles. The SMILES string of the molecule is CC1CC(=O)Nc2cc(S(=O)(=O)N(CCCN3CCOCC3)Cc3ccco3)ccc2S1. The van der Waals surface area contributed by atoms with Crippen LogP contribution in [0.5, 0.6) is 0 Å². The summed E-state index contributed by atoms with van der Waals surface area (Å²) in [6.45, 7) is 6.49. The number of fused-ring (bicyclic) bond motifs is 1. The number of carbonyl (C=O) groups is 1. The Balaban J connectivity index is 1.54. The van der Waals surface area contributed by atoms with Gasteiger partial charge in [-0.1, -0.05) is 6.92 Å². The van der Waals surface area contributed by atoms with Gasteiger partial charge in [-0.2, -0.15) is 4.31 Å². The maximum absolute atomic E-state index is 13.6. The van der Waals surface area contributed by atoms with Crippen molar-refractivity contribution < 1.29 is 22.4 Å². The first-order valence-electron chi connectivity index (χ1n) is 10.8. The molecule has 1 unspecified atom stereocenters. The van der Waals surface area contributed by atoms with Gasteiger partial charge in [0.05, 0.1) is 36.6 Å².